The average molecular weight is 387 g/mol. The summed E-state index contributed by atoms with van der Waals surface area (Å²) < 4.78 is 0. The topological polar surface area (TPSA) is 61.4 Å². The summed E-state index contributed by atoms with van der Waals surface area (Å²) in [6.45, 7) is 5.18. The van der Waals surface area contributed by atoms with Gasteiger partial charge in [0.15, 0.2) is 0 Å². The van der Waals surface area contributed by atoms with Gasteiger partial charge in [-0.25, -0.2) is 0 Å². The Morgan fingerprint density at radius 2 is 1.45 bits per heavy atom. The van der Waals surface area contributed by atoms with Crippen LogP contribution >= 0.6 is 0 Å². The van der Waals surface area contributed by atoms with Gasteiger partial charge in [0.2, 0.25) is 0 Å². The van der Waals surface area contributed by atoms with E-state index >= 15 is 0 Å². The number of amides is 2. The Labute approximate surface area is 171 Å². The van der Waals surface area contributed by atoms with E-state index in [4.69, 9.17) is 0 Å². The van der Waals surface area contributed by atoms with Crippen molar-refractivity contribution in [2.75, 3.05) is 23.7 Å². The molecule has 3 rings (SSSR count). The molecule has 0 fully saturated rings. The molecule has 0 aliphatic rings. The Kier molecular flexibility index (Phi) is 6.63. The molecule has 0 saturated carbocycles. The van der Waals surface area contributed by atoms with Gasteiger partial charge >= 0.3 is 0 Å². The Bertz CT molecular complexity index is 982. The number of anilines is 3. The molecule has 2 amide bonds. The number of carbonyl (C=O) groups is 2. The fourth-order valence-electron chi connectivity index (χ4n) is 3.09. The monoisotopic (exact) mass is 387 g/mol. The Hall–Kier alpha value is -3.60. The van der Waals surface area contributed by atoms with Gasteiger partial charge in [0, 0.05) is 30.0 Å². The molecule has 2 N–H and O–H groups in total. The minimum atomic E-state index is -0.239. The van der Waals surface area contributed by atoms with Crippen LogP contribution in [0, 0.1) is 0 Å². The highest BCUT2D eigenvalue weighted by Crippen LogP contribution is 2.22. The molecule has 3 aromatic rings. The predicted octanol–water partition coefficient (Wildman–Crippen LogP) is 5.16. The van der Waals surface area contributed by atoms with Crippen molar-refractivity contribution in [2.45, 2.75) is 13.8 Å². The summed E-state index contributed by atoms with van der Waals surface area (Å²) in [5.41, 5.74) is 3.28. The molecule has 5 nitrogen and oxygen atoms in total. The summed E-state index contributed by atoms with van der Waals surface area (Å²) in [7, 11) is 0. The van der Waals surface area contributed by atoms with Gasteiger partial charge in [-0.1, -0.05) is 36.4 Å². The van der Waals surface area contributed by atoms with Gasteiger partial charge in [0.25, 0.3) is 11.8 Å². The summed E-state index contributed by atoms with van der Waals surface area (Å²) in [5.74, 6) is -0.284. The van der Waals surface area contributed by atoms with Crippen LogP contribution in [0.3, 0.4) is 0 Å². The lowest BCUT2D eigenvalue weighted by atomic mass is 10.1. The van der Waals surface area contributed by atoms with Crippen LogP contribution < -0.4 is 10.6 Å². The van der Waals surface area contributed by atoms with Gasteiger partial charge in [0.05, 0.1) is 11.3 Å². The maximum absolute atomic E-state index is 12.9. The molecule has 0 saturated heterocycles. The van der Waals surface area contributed by atoms with Gasteiger partial charge in [-0.05, 0) is 56.3 Å². The van der Waals surface area contributed by atoms with Gasteiger partial charge in [-0.2, -0.15) is 0 Å². The fraction of sp³-hybridized carbons (Fsp3) is 0.167. The summed E-state index contributed by atoms with van der Waals surface area (Å²) >= 11 is 0. The van der Waals surface area contributed by atoms with E-state index in [-0.39, 0.29) is 11.8 Å². The van der Waals surface area contributed by atoms with E-state index in [9.17, 15) is 9.59 Å². The third-order valence-electron chi connectivity index (χ3n) is 4.64. The lowest BCUT2D eigenvalue weighted by Gasteiger charge is -2.19. The number of benzene rings is 3. The number of para-hydroxylation sites is 2. The second kappa shape index (κ2) is 9.55. The lowest BCUT2D eigenvalue weighted by molar-refractivity contribution is 0.0772. The van der Waals surface area contributed by atoms with E-state index in [2.05, 4.69) is 10.6 Å². The number of rotatable bonds is 7. The van der Waals surface area contributed by atoms with Crippen LogP contribution in [0.15, 0.2) is 78.9 Å². The van der Waals surface area contributed by atoms with E-state index < -0.39 is 0 Å². The second-order valence-corrected chi connectivity index (χ2v) is 6.55. The van der Waals surface area contributed by atoms with Crippen LogP contribution in [-0.2, 0) is 0 Å². The molecule has 0 atom stereocenters. The zero-order valence-electron chi connectivity index (χ0n) is 16.7. The van der Waals surface area contributed by atoms with E-state index in [1.54, 1.807) is 35.2 Å². The van der Waals surface area contributed by atoms with Crippen molar-refractivity contribution < 1.29 is 9.59 Å². The summed E-state index contributed by atoms with van der Waals surface area (Å²) in [4.78, 5) is 27.2. The molecule has 0 unspecified atom stereocenters. The van der Waals surface area contributed by atoms with Crippen molar-refractivity contribution in [3.63, 3.8) is 0 Å². The number of nitrogens with zero attached hydrogens (tertiary/aromatic N) is 1. The zero-order chi connectivity index (χ0) is 20.6. The molecule has 0 bridgehead atoms. The molecule has 29 heavy (non-hydrogen) atoms. The SMILES string of the molecule is CCN(CC)C(=O)c1cccc(NC(=O)c2ccccc2Nc2ccccc2)c1. The van der Waals surface area contributed by atoms with Crippen molar-refractivity contribution >= 4 is 28.9 Å². The van der Waals surface area contributed by atoms with Crippen molar-refractivity contribution in [2.24, 2.45) is 0 Å². The number of carbonyl (C=O) groups excluding carboxylic acids is 2. The molecular formula is C24H25N3O2. The molecule has 0 heterocycles. The lowest BCUT2D eigenvalue weighted by Crippen LogP contribution is -2.30. The van der Waals surface area contributed by atoms with Crippen molar-refractivity contribution in [3.8, 4) is 0 Å². The molecular weight excluding hydrogens is 362 g/mol. The third kappa shape index (κ3) is 5.02. The minimum Gasteiger partial charge on any atom is -0.355 e. The van der Waals surface area contributed by atoms with Gasteiger partial charge in [-0.15, -0.1) is 0 Å². The van der Waals surface area contributed by atoms with Crippen LogP contribution in [0.5, 0.6) is 0 Å². The highest BCUT2D eigenvalue weighted by molar-refractivity contribution is 6.09. The standard InChI is InChI=1S/C24H25N3O2/c1-3-27(4-2)24(29)18-11-10-14-20(17-18)26-23(28)21-15-8-9-16-22(21)25-19-12-6-5-7-13-19/h5-17,25H,3-4H2,1-2H3,(H,26,28). The molecule has 3 aromatic carbocycles. The van der Waals surface area contributed by atoms with Gasteiger partial charge in [-0.3, -0.25) is 9.59 Å². The summed E-state index contributed by atoms with van der Waals surface area (Å²) in [6.07, 6.45) is 0. The molecule has 5 heteroatoms. The van der Waals surface area contributed by atoms with Crippen LogP contribution in [-0.4, -0.2) is 29.8 Å². The first kappa shape index (κ1) is 20.1. The molecule has 0 aliphatic carbocycles. The number of hydrogen-bond acceptors (Lipinski definition) is 3. The molecule has 0 radical (unpaired) electrons. The average Bonchev–Trinajstić information content (AvgIpc) is 2.76. The molecule has 0 aliphatic heterocycles. The predicted molar refractivity (Wildman–Crippen MR) is 118 cm³/mol. The number of nitrogens with one attached hydrogen (secondary N) is 2. The quantitative estimate of drug-likeness (QED) is 0.588. The van der Waals surface area contributed by atoms with Gasteiger partial charge in [0.1, 0.15) is 0 Å². The van der Waals surface area contributed by atoms with Crippen molar-refractivity contribution in [3.05, 3.63) is 90.0 Å². The minimum absolute atomic E-state index is 0.0442. The van der Waals surface area contributed by atoms with Crippen molar-refractivity contribution in [1.29, 1.82) is 0 Å². The van der Waals surface area contributed by atoms with Crippen LogP contribution in [0.2, 0.25) is 0 Å². The summed E-state index contributed by atoms with van der Waals surface area (Å²) in [5, 5.41) is 6.18. The van der Waals surface area contributed by atoms with Crippen LogP contribution in [0.1, 0.15) is 34.6 Å². The Morgan fingerprint density at radius 1 is 0.793 bits per heavy atom. The first-order chi connectivity index (χ1) is 14.1. The van der Waals surface area contributed by atoms with E-state index in [1.807, 2.05) is 62.4 Å². The molecule has 148 valence electrons. The van der Waals surface area contributed by atoms with Crippen LogP contribution in [0.4, 0.5) is 17.1 Å². The van der Waals surface area contributed by atoms with Crippen LogP contribution in [0.25, 0.3) is 0 Å². The smallest absolute Gasteiger partial charge is 0.257 e. The maximum Gasteiger partial charge on any atom is 0.257 e. The summed E-state index contributed by atoms with van der Waals surface area (Å²) in [6, 6.07) is 24.1. The first-order valence-electron chi connectivity index (χ1n) is 9.74. The van der Waals surface area contributed by atoms with E-state index in [0.29, 0.717) is 35.6 Å². The molecule has 0 aromatic heterocycles. The Morgan fingerprint density at radius 3 is 2.17 bits per heavy atom. The highest BCUT2D eigenvalue weighted by Gasteiger charge is 2.15. The second-order valence-electron chi connectivity index (χ2n) is 6.55. The van der Waals surface area contributed by atoms with Crippen molar-refractivity contribution in [1.82, 2.24) is 4.90 Å². The highest BCUT2D eigenvalue weighted by atomic mass is 16.2. The Balaban J connectivity index is 1.79. The number of hydrogen-bond donors (Lipinski definition) is 2. The zero-order valence-corrected chi connectivity index (χ0v) is 16.7. The van der Waals surface area contributed by atoms with Gasteiger partial charge < -0.3 is 15.5 Å². The third-order valence-corrected chi connectivity index (χ3v) is 4.64. The fourth-order valence-corrected chi connectivity index (χ4v) is 3.09. The first-order valence-corrected chi connectivity index (χ1v) is 9.74. The maximum atomic E-state index is 12.9. The normalized spacial score (nSPS) is 10.3. The van der Waals surface area contributed by atoms with E-state index in [0.717, 1.165) is 5.69 Å². The largest absolute Gasteiger partial charge is 0.355 e. The van der Waals surface area contributed by atoms with E-state index in [1.165, 1.54) is 0 Å². The molecule has 0 spiro atoms.